The number of hydrogen-bond donors (Lipinski definition) is 0. The topological polar surface area (TPSA) is 89.8 Å². The summed E-state index contributed by atoms with van der Waals surface area (Å²) in [7, 11) is 1.27. The number of rotatable bonds is 6. The van der Waals surface area contributed by atoms with Crippen LogP contribution in [0.3, 0.4) is 0 Å². The van der Waals surface area contributed by atoms with E-state index in [1.165, 1.54) is 24.1 Å². The van der Waals surface area contributed by atoms with Crippen molar-refractivity contribution < 1.29 is 19.2 Å². The van der Waals surface area contributed by atoms with E-state index in [0.717, 1.165) is 0 Å². The van der Waals surface area contributed by atoms with Crippen LogP contribution in [0.15, 0.2) is 18.2 Å². The lowest BCUT2D eigenvalue weighted by atomic mass is 10.1. The van der Waals surface area contributed by atoms with Gasteiger partial charge in [0.25, 0.3) is 11.6 Å². The maximum atomic E-state index is 12.5. The van der Waals surface area contributed by atoms with Crippen molar-refractivity contribution in [2.75, 3.05) is 20.2 Å². The van der Waals surface area contributed by atoms with Crippen molar-refractivity contribution in [2.45, 2.75) is 20.3 Å². The van der Waals surface area contributed by atoms with E-state index in [-0.39, 0.29) is 24.2 Å². The Hall–Kier alpha value is -2.44. The number of benzene rings is 1. The molecule has 0 aromatic heterocycles. The van der Waals surface area contributed by atoms with Gasteiger partial charge in [-0.05, 0) is 19.4 Å². The molecule has 0 spiro atoms. The molecule has 1 rings (SSSR count). The number of nitro groups is 1. The Bertz CT molecular complexity index is 556. The number of carbonyl (C=O) groups is 2. The Labute approximate surface area is 122 Å². The molecular weight excluding hydrogens is 276 g/mol. The summed E-state index contributed by atoms with van der Waals surface area (Å²) in [5.41, 5.74) is 0.372. The highest BCUT2D eigenvalue weighted by molar-refractivity contribution is 5.99. The highest BCUT2D eigenvalue weighted by Crippen LogP contribution is 2.23. The summed E-state index contributed by atoms with van der Waals surface area (Å²) in [5, 5.41) is 11.1. The zero-order chi connectivity index (χ0) is 16.0. The number of nitrogens with zero attached hydrogens (tertiary/aromatic N) is 2. The molecule has 1 aromatic rings. The van der Waals surface area contributed by atoms with Crippen molar-refractivity contribution in [2.24, 2.45) is 0 Å². The fourth-order valence-corrected chi connectivity index (χ4v) is 1.97. The predicted octanol–water partition coefficient (Wildman–Crippen LogP) is 1.93. The molecule has 0 fully saturated rings. The molecule has 0 saturated heterocycles. The number of nitro benzene ring substituents is 1. The van der Waals surface area contributed by atoms with Gasteiger partial charge in [0, 0.05) is 19.2 Å². The second-order valence-electron chi connectivity index (χ2n) is 4.44. The van der Waals surface area contributed by atoms with Crippen molar-refractivity contribution in [3.8, 4) is 0 Å². The molecule has 0 unspecified atom stereocenters. The molecule has 0 atom stereocenters. The molecule has 0 bridgehead atoms. The Morgan fingerprint density at radius 1 is 1.38 bits per heavy atom. The van der Waals surface area contributed by atoms with Crippen LogP contribution in [0.1, 0.15) is 29.3 Å². The van der Waals surface area contributed by atoms with Gasteiger partial charge in [0.2, 0.25) is 0 Å². The number of amides is 1. The van der Waals surface area contributed by atoms with Crippen molar-refractivity contribution in [3.05, 3.63) is 39.4 Å². The van der Waals surface area contributed by atoms with Crippen LogP contribution in [0.2, 0.25) is 0 Å². The summed E-state index contributed by atoms with van der Waals surface area (Å²) >= 11 is 0. The molecule has 7 heteroatoms. The minimum Gasteiger partial charge on any atom is -0.469 e. The monoisotopic (exact) mass is 294 g/mol. The van der Waals surface area contributed by atoms with Gasteiger partial charge in [-0.15, -0.1) is 0 Å². The average molecular weight is 294 g/mol. The highest BCUT2D eigenvalue weighted by atomic mass is 16.6. The molecule has 7 nitrogen and oxygen atoms in total. The SMILES string of the molecule is CCN(CCC(=O)OC)C(=O)c1c(C)cccc1[N+](=O)[O-]. The molecule has 0 N–H and O–H groups in total. The van der Waals surface area contributed by atoms with Gasteiger partial charge in [0.05, 0.1) is 18.5 Å². The number of ether oxygens (including phenoxy) is 1. The number of aryl methyl sites for hydroxylation is 1. The number of hydrogen-bond acceptors (Lipinski definition) is 5. The third kappa shape index (κ3) is 4.01. The molecule has 1 aromatic carbocycles. The summed E-state index contributed by atoms with van der Waals surface area (Å²) in [4.78, 5) is 35.5. The van der Waals surface area contributed by atoms with Gasteiger partial charge in [0.1, 0.15) is 5.56 Å². The van der Waals surface area contributed by atoms with E-state index in [9.17, 15) is 19.7 Å². The smallest absolute Gasteiger partial charge is 0.307 e. The molecule has 0 aliphatic heterocycles. The van der Waals surface area contributed by atoms with Crippen LogP contribution in [0.4, 0.5) is 5.69 Å². The Morgan fingerprint density at radius 2 is 2.05 bits per heavy atom. The van der Waals surface area contributed by atoms with Crippen molar-refractivity contribution in [1.82, 2.24) is 4.90 Å². The Kier molecular flexibility index (Phi) is 5.83. The van der Waals surface area contributed by atoms with Gasteiger partial charge >= 0.3 is 5.97 Å². The van der Waals surface area contributed by atoms with E-state index in [4.69, 9.17) is 0 Å². The first-order valence-corrected chi connectivity index (χ1v) is 6.52. The van der Waals surface area contributed by atoms with Gasteiger partial charge in [-0.25, -0.2) is 0 Å². The normalized spacial score (nSPS) is 10.0. The first-order valence-electron chi connectivity index (χ1n) is 6.52. The molecule has 0 radical (unpaired) electrons. The number of methoxy groups -OCH3 is 1. The van der Waals surface area contributed by atoms with Crippen molar-refractivity contribution in [3.63, 3.8) is 0 Å². The summed E-state index contributed by atoms with van der Waals surface area (Å²) in [6.07, 6.45) is 0.0513. The van der Waals surface area contributed by atoms with Gasteiger partial charge in [0.15, 0.2) is 0 Å². The third-order valence-corrected chi connectivity index (χ3v) is 3.14. The van der Waals surface area contributed by atoms with E-state index in [0.29, 0.717) is 12.1 Å². The number of carbonyl (C=O) groups excluding carboxylic acids is 2. The molecule has 114 valence electrons. The first kappa shape index (κ1) is 16.6. The number of esters is 1. The molecule has 0 heterocycles. The van der Waals surface area contributed by atoms with Crippen LogP contribution in [-0.2, 0) is 9.53 Å². The summed E-state index contributed by atoms with van der Waals surface area (Å²) < 4.78 is 4.53. The van der Waals surface area contributed by atoms with E-state index >= 15 is 0 Å². The van der Waals surface area contributed by atoms with Crippen LogP contribution in [0.5, 0.6) is 0 Å². The largest absolute Gasteiger partial charge is 0.469 e. The fraction of sp³-hybridized carbons (Fsp3) is 0.429. The van der Waals surface area contributed by atoms with Gasteiger partial charge < -0.3 is 9.64 Å². The van der Waals surface area contributed by atoms with E-state index in [1.54, 1.807) is 19.9 Å². The van der Waals surface area contributed by atoms with Crippen LogP contribution in [0, 0.1) is 17.0 Å². The minimum absolute atomic E-state index is 0.0513. The maximum absolute atomic E-state index is 12.5. The second-order valence-corrected chi connectivity index (χ2v) is 4.44. The summed E-state index contributed by atoms with van der Waals surface area (Å²) in [5.74, 6) is -0.883. The molecule has 0 aliphatic carbocycles. The van der Waals surface area contributed by atoms with Crippen LogP contribution >= 0.6 is 0 Å². The zero-order valence-corrected chi connectivity index (χ0v) is 12.3. The molecule has 21 heavy (non-hydrogen) atoms. The molecular formula is C14H18N2O5. The molecule has 0 aliphatic rings. The second kappa shape index (κ2) is 7.37. The molecule has 0 saturated carbocycles. The quantitative estimate of drug-likeness (QED) is 0.454. The van der Waals surface area contributed by atoms with Crippen LogP contribution in [0.25, 0.3) is 0 Å². The minimum atomic E-state index is -0.575. The van der Waals surface area contributed by atoms with Gasteiger partial charge in [-0.1, -0.05) is 12.1 Å². The third-order valence-electron chi connectivity index (χ3n) is 3.14. The lowest BCUT2D eigenvalue weighted by Gasteiger charge is -2.21. The lowest BCUT2D eigenvalue weighted by Crippen LogP contribution is -2.33. The van der Waals surface area contributed by atoms with Crippen LogP contribution in [-0.4, -0.2) is 41.9 Å². The summed E-state index contributed by atoms with van der Waals surface area (Å²) in [6.45, 7) is 3.91. The van der Waals surface area contributed by atoms with E-state index in [1.807, 2.05) is 0 Å². The highest BCUT2D eigenvalue weighted by Gasteiger charge is 2.26. The maximum Gasteiger partial charge on any atom is 0.307 e. The Morgan fingerprint density at radius 3 is 2.57 bits per heavy atom. The Balaban J connectivity index is 3.05. The van der Waals surface area contributed by atoms with Gasteiger partial charge in [-0.2, -0.15) is 0 Å². The molecule has 1 amide bonds. The first-order chi connectivity index (χ1) is 9.92. The van der Waals surface area contributed by atoms with Crippen LogP contribution < -0.4 is 0 Å². The van der Waals surface area contributed by atoms with E-state index < -0.39 is 16.8 Å². The standard InChI is InChI=1S/C14H18N2O5/c1-4-15(9-8-12(17)21-3)14(18)13-10(2)6-5-7-11(13)16(19)20/h5-7H,4,8-9H2,1-3H3. The summed E-state index contributed by atoms with van der Waals surface area (Å²) in [6, 6.07) is 4.48. The van der Waals surface area contributed by atoms with Crippen molar-refractivity contribution >= 4 is 17.6 Å². The zero-order valence-electron chi connectivity index (χ0n) is 12.3. The van der Waals surface area contributed by atoms with Crippen molar-refractivity contribution in [1.29, 1.82) is 0 Å². The van der Waals surface area contributed by atoms with Gasteiger partial charge in [-0.3, -0.25) is 19.7 Å². The lowest BCUT2D eigenvalue weighted by molar-refractivity contribution is -0.385. The average Bonchev–Trinajstić information content (AvgIpc) is 2.46. The van der Waals surface area contributed by atoms with E-state index in [2.05, 4.69) is 4.74 Å². The fourth-order valence-electron chi connectivity index (χ4n) is 1.97. The predicted molar refractivity (Wildman–Crippen MR) is 76.0 cm³/mol.